The maximum Gasteiger partial charge on any atom is 0.243 e. The van der Waals surface area contributed by atoms with E-state index in [0.29, 0.717) is 38.0 Å². The molecule has 0 fully saturated rings. The summed E-state index contributed by atoms with van der Waals surface area (Å²) >= 11 is 0. The highest BCUT2D eigenvalue weighted by atomic mass is 16.2. The van der Waals surface area contributed by atoms with E-state index in [1.807, 2.05) is 84.9 Å². The minimum absolute atomic E-state index is 0.0573. The molecule has 0 radical (unpaired) electrons. The van der Waals surface area contributed by atoms with E-state index in [0.717, 1.165) is 27.8 Å². The van der Waals surface area contributed by atoms with Crippen LogP contribution in [0.3, 0.4) is 0 Å². The SMILES string of the molecule is NCCCC[C@H](NC(=O)[C@H](Cc1ccc(-c2ccccc2)cc1)NC(=O)[C@@H](N)Cc1ccc(N=C(N)N)cc1)C(=O)NCc1ccccc1. The van der Waals surface area contributed by atoms with Crippen LogP contribution in [-0.4, -0.2) is 48.4 Å². The maximum atomic E-state index is 13.9. The van der Waals surface area contributed by atoms with Gasteiger partial charge in [0.15, 0.2) is 5.96 Å². The van der Waals surface area contributed by atoms with Gasteiger partial charge in [-0.05, 0) is 72.2 Å². The first-order valence-electron chi connectivity index (χ1n) is 16.4. The smallest absolute Gasteiger partial charge is 0.243 e. The second-order valence-electron chi connectivity index (χ2n) is 11.9. The third-order valence-corrected chi connectivity index (χ3v) is 8.01. The van der Waals surface area contributed by atoms with Gasteiger partial charge in [-0.25, -0.2) is 4.99 Å². The van der Waals surface area contributed by atoms with E-state index < -0.39 is 29.9 Å². The van der Waals surface area contributed by atoms with Crippen molar-refractivity contribution in [3.8, 4) is 11.1 Å². The topological polar surface area (TPSA) is 204 Å². The number of carbonyl (C=O) groups excluding carboxylic acids is 3. The summed E-state index contributed by atoms with van der Waals surface area (Å²) in [5.74, 6) is -1.35. The van der Waals surface area contributed by atoms with Gasteiger partial charge in [0, 0.05) is 13.0 Å². The molecule has 3 amide bonds. The van der Waals surface area contributed by atoms with Crippen molar-refractivity contribution in [3.05, 3.63) is 126 Å². The molecule has 0 saturated carbocycles. The Labute approximate surface area is 287 Å². The van der Waals surface area contributed by atoms with Crippen LogP contribution in [0.4, 0.5) is 5.69 Å². The van der Waals surface area contributed by atoms with Crippen LogP contribution in [0.2, 0.25) is 0 Å². The van der Waals surface area contributed by atoms with Gasteiger partial charge in [-0.1, -0.05) is 97.1 Å². The van der Waals surface area contributed by atoms with Gasteiger partial charge in [-0.15, -0.1) is 0 Å². The second kappa shape index (κ2) is 18.7. The number of nitrogens with one attached hydrogen (secondary N) is 3. The van der Waals surface area contributed by atoms with Crippen LogP contribution >= 0.6 is 0 Å². The van der Waals surface area contributed by atoms with E-state index >= 15 is 0 Å². The number of unbranched alkanes of at least 4 members (excludes halogenated alkanes) is 1. The zero-order chi connectivity index (χ0) is 35.0. The first-order valence-corrected chi connectivity index (χ1v) is 16.4. The Morgan fingerprint density at radius 2 is 1.18 bits per heavy atom. The fourth-order valence-electron chi connectivity index (χ4n) is 5.33. The van der Waals surface area contributed by atoms with Crippen molar-refractivity contribution in [3.63, 3.8) is 0 Å². The number of nitrogens with zero attached hydrogens (tertiary/aromatic N) is 1. The highest BCUT2D eigenvalue weighted by Crippen LogP contribution is 2.20. The molecule has 11 N–H and O–H groups in total. The molecule has 3 atom stereocenters. The third-order valence-electron chi connectivity index (χ3n) is 8.01. The van der Waals surface area contributed by atoms with Crippen LogP contribution in [-0.2, 0) is 33.8 Å². The second-order valence-corrected chi connectivity index (χ2v) is 11.9. The van der Waals surface area contributed by atoms with E-state index in [-0.39, 0.29) is 24.7 Å². The molecular weight excluding hydrogens is 616 g/mol. The van der Waals surface area contributed by atoms with Crippen molar-refractivity contribution in [2.24, 2.45) is 27.9 Å². The van der Waals surface area contributed by atoms with Crippen molar-refractivity contribution < 1.29 is 14.4 Å². The van der Waals surface area contributed by atoms with Crippen LogP contribution in [0.15, 0.2) is 114 Å². The lowest BCUT2D eigenvalue weighted by Crippen LogP contribution is -2.56. The quantitative estimate of drug-likeness (QED) is 0.0511. The van der Waals surface area contributed by atoms with Crippen LogP contribution in [0.1, 0.15) is 36.0 Å². The maximum absolute atomic E-state index is 13.9. The van der Waals surface area contributed by atoms with Gasteiger partial charge in [0.2, 0.25) is 17.7 Å². The van der Waals surface area contributed by atoms with Gasteiger partial charge in [0.05, 0.1) is 11.7 Å². The number of hydrogen-bond donors (Lipinski definition) is 7. The molecule has 0 heterocycles. The minimum atomic E-state index is -0.996. The van der Waals surface area contributed by atoms with Gasteiger partial charge >= 0.3 is 0 Å². The Balaban J connectivity index is 1.50. The lowest BCUT2D eigenvalue weighted by atomic mass is 9.99. The van der Waals surface area contributed by atoms with E-state index in [4.69, 9.17) is 22.9 Å². The highest BCUT2D eigenvalue weighted by Gasteiger charge is 2.28. The van der Waals surface area contributed by atoms with Crippen molar-refractivity contribution in [2.75, 3.05) is 6.54 Å². The molecule has 0 spiro atoms. The van der Waals surface area contributed by atoms with Gasteiger partial charge in [0.1, 0.15) is 12.1 Å². The number of hydrogen-bond acceptors (Lipinski definition) is 6. The van der Waals surface area contributed by atoms with Crippen molar-refractivity contribution in [1.29, 1.82) is 0 Å². The standard InChI is InChI=1S/C38H46N8O3/c39-22-8-7-13-33(36(48)43-25-28-9-3-1-4-10-28)45-37(49)34(24-27-14-18-30(19-15-27)29-11-5-2-6-12-29)46-35(47)32(40)23-26-16-20-31(21-17-26)44-38(41)42/h1-6,9-12,14-21,32-34H,7-8,13,22-25,39-40H2,(H,43,48)(H,45,49)(H,46,47)(H4,41,42,44)/t32-,33-,34-/m0/s1. The summed E-state index contributed by atoms with van der Waals surface area (Å²) < 4.78 is 0. The predicted molar refractivity (Wildman–Crippen MR) is 194 cm³/mol. The number of rotatable bonds is 17. The molecule has 0 aromatic heterocycles. The summed E-state index contributed by atoms with van der Waals surface area (Å²) in [6, 6.07) is 31.6. The summed E-state index contributed by atoms with van der Waals surface area (Å²) in [4.78, 5) is 44.7. The Morgan fingerprint density at radius 1 is 0.612 bits per heavy atom. The number of amides is 3. The lowest BCUT2D eigenvalue weighted by molar-refractivity contribution is -0.132. The van der Waals surface area contributed by atoms with Crippen molar-refractivity contribution in [2.45, 2.75) is 56.8 Å². The number of benzene rings is 4. The number of carbonyl (C=O) groups is 3. The number of guanidine groups is 1. The molecule has 11 nitrogen and oxygen atoms in total. The summed E-state index contributed by atoms with van der Waals surface area (Å²) in [6.45, 7) is 0.789. The van der Waals surface area contributed by atoms with Crippen LogP contribution in [0.25, 0.3) is 11.1 Å². The van der Waals surface area contributed by atoms with E-state index in [9.17, 15) is 14.4 Å². The highest BCUT2D eigenvalue weighted by molar-refractivity contribution is 5.93. The van der Waals surface area contributed by atoms with E-state index in [1.165, 1.54) is 0 Å². The number of aliphatic imine (C=N–C) groups is 1. The monoisotopic (exact) mass is 662 g/mol. The van der Waals surface area contributed by atoms with Gasteiger partial charge in [-0.3, -0.25) is 14.4 Å². The zero-order valence-electron chi connectivity index (χ0n) is 27.6. The average molecular weight is 663 g/mol. The molecule has 0 bridgehead atoms. The molecule has 0 aliphatic heterocycles. The number of nitrogens with two attached hydrogens (primary N) is 4. The summed E-state index contributed by atoms with van der Waals surface area (Å²) in [6.07, 6.45) is 2.15. The molecule has 0 aliphatic carbocycles. The van der Waals surface area contributed by atoms with Gasteiger partial charge < -0.3 is 38.9 Å². The minimum Gasteiger partial charge on any atom is -0.370 e. The van der Waals surface area contributed by atoms with E-state index in [1.54, 1.807) is 24.3 Å². The molecule has 0 saturated heterocycles. The Kier molecular flexibility index (Phi) is 13.9. The first kappa shape index (κ1) is 36.3. The Morgan fingerprint density at radius 3 is 1.82 bits per heavy atom. The molecule has 11 heteroatoms. The Bertz CT molecular complexity index is 1660. The molecule has 4 aromatic carbocycles. The molecule has 49 heavy (non-hydrogen) atoms. The molecular formula is C38H46N8O3. The first-order chi connectivity index (χ1) is 23.7. The fourth-order valence-corrected chi connectivity index (χ4v) is 5.33. The summed E-state index contributed by atoms with van der Waals surface area (Å²) in [5, 5.41) is 8.69. The van der Waals surface area contributed by atoms with Crippen molar-refractivity contribution >= 4 is 29.4 Å². The molecule has 256 valence electrons. The summed E-state index contributed by atoms with van der Waals surface area (Å²) in [5.41, 5.74) is 28.2. The fraction of sp³-hybridized carbons (Fsp3) is 0.263. The van der Waals surface area contributed by atoms with Crippen LogP contribution in [0.5, 0.6) is 0 Å². The predicted octanol–water partition coefficient (Wildman–Crippen LogP) is 2.79. The van der Waals surface area contributed by atoms with Crippen LogP contribution < -0.4 is 38.9 Å². The average Bonchev–Trinajstić information content (AvgIpc) is 3.11. The summed E-state index contributed by atoms with van der Waals surface area (Å²) in [7, 11) is 0. The van der Waals surface area contributed by atoms with Gasteiger partial charge in [0.25, 0.3) is 0 Å². The van der Waals surface area contributed by atoms with Gasteiger partial charge in [-0.2, -0.15) is 0 Å². The van der Waals surface area contributed by atoms with Crippen molar-refractivity contribution in [1.82, 2.24) is 16.0 Å². The molecule has 4 rings (SSSR count). The largest absolute Gasteiger partial charge is 0.370 e. The third kappa shape index (κ3) is 11.9. The normalized spacial score (nSPS) is 12.6. The molecule has 0 unspecified atom stereocenters. The van der Waals surface area contributed by atoms with Crippen LogP contribution in [0, 0.1) is 0 Å². The molecule has 0 aliphatic rings. The van der Waals surface area contributed by atoms with E-state index in [2.05, 4.69) is 20.9 Å². The molecule has 4 aromatic rings. The Hall–Kier alpha value is -5.52. The lowest BCUT2D eigenvalue weighted by Gasteiger charge is -2.24. The zero-order valence-corrected chi connectivity index (χ0v) is 27.6.